The molecule has 1 aromatic carbocycles. The van der Waals surface area contributed by atoms with Crippen LogP contribution in [0, 0.1) is 13.8 Å². The molecule has 0 saturated heterocycles. The molecule has 0 aromatic heterocycles. The third-order valence-corrected chi connectivity index (χ3v) is 4.18. The number of aryl methyl sites for hydroxylation is 2. The van der Waals surface area contributed by atoms with Gasteiger partial charge in [0.1, 0.15) is 6.54 Å². The summed E-state index contributed by atoms with van der Waals surface area (Å²) in [6, 6.07) is 4.27. The Kier molecular flexibility index (Phi) is 3.33. The molecule has 0 bridgehead atoms. The fraction of sp³-hybridized carbons (Fsp3) is 0.462. The van der Waals surface area contributed by atoms with Gasteiger partial charge < -0.3 is 10.0 Å². The van der Waals surface area contributed by atoms with Crippen molar-refractivity contribution in [3.63, 3.8) is 0 Å². The topological polar surface area (TPSA) is 40.5 Å². The molecule has 0 aliphatic carbocycles. The molecule has 4 heteroatoms. The van der Waals surface area contributed by atoms with Crippen molar-refractivity contribution in [3.05, 3.63) is 23.3 Å². The van der Waals surface area contributed by atoms with E-state index in [0.29, 0.717) is 5.25 Å². The van der Waals surface area contributed by atoms with Crippen LogP contribution in [-0.4, -0.2) is 29.4 Å². The number of carboxylic acids is 1. The Bertz CT molecular complexity index is 459. The zero-order valence-corrected chi connectivity index (χ0v) is 11.2. The first-order valence-corrected chi connectivity index (χ1v) is 6.60. The molecule has 1 aliphatic heterocycles. The first kappa shape index (κ1) is 12.3. The molecule has 0 fully saturated rings. The Morgan fingerprint density at radius 3 is 2.76 bits per heavy atom. The van der Waals surface area contributed by atoms with Crippen LogP contribution in [-0.2, 0) is 4.79 Å². The SMILES string of the molecule is Cc1cc2c(cc1C)N(CC(=O)O)CC(C)S2. The fourth-order valence-electron chi connectivity index (χ4n) is 2.09. The number of hydrogen-bond acceptors (Lipinski definition) is 3. The Morgan fingerprint density at radius 2 is 2.12 bits per heavy atom. The molecule has 0 saturated carbocycles. The summed E-state index contributed by atoms with van der Waals surface area (Å²) >= 11 is 1.83. The van der Waals surface area contributed by atoms with Crippen molar-refractivity contribution in [2.24, 2.45) is 0 Å². The average molecular weight is 251 g/mol. The number of anilines is 1. The third kappa shape index (κ3) is 2.57. The largest absolute Gasteiger partial charge is 0.480 e. The maximum absolute atomic E-state index is 10.9. The molecule has 1 atom stereocenters. The van der Waals surface area contributed by atoms with Gasteiger partial charge in [-0.05, 0) is 37.1 Å². The van der Waals surface area contributed by atoms with Crippen LogP contribution >= 0.6 is 11.8 Å². The quantitative estimate of drug-likeness (QED) is 0.877. The molecule has 1 heterocycles. The molecule has 17 heavy (non-hydrogen) atoms. The van der Waals surface area contributed by atoms with Crippen molar-refractivity contribution in [3.8, 4) is 0 Å². The summed E-state index contributed by atoms with van der Waals surface area (Å²) in [5.74, 6) is -0.770. The van der Waals surface area contributed by atoms with Gasteiger partial charge in [-0.1, -0.05) is 6.92 Å². The molecule has 1 aliphatic rings. The van der Waals surface area contributed by atoms with E-state index >= 15 is 0 Å². The van der Waals surface area contributed by atoms with Crippen LogP contribution in [0.5, 0.6) is 0 Å². The van der Waals surface area contributed by atoms with Gasteiger partial charge in [-0.2, -0.15) is 0 Å². The monoisotopic (exact) mass is 251 g/mol. The maximum atomic E-state index is 10.9. The van der Waals surface area contributed by atoms with Crippen LogP contribution in [0.3, 0.4) is 0 Å². The molecule has 3 nitrogen and oxygen atoms in total. The number of thioether (sulfide) groups is 1. The summed E-state index contributed by atoms with van der Waals surface area (Å²) in [7, 11) is 0. The lowest BCUT2D eigenvalue weighted by molar-refractivity contribution is -0.135. The highest BCUT2D eigenvalue weighted by Crippen LogP contribution is 2.39. The van der Waals surface area contributed by atoms with Crippen LogP contribution in [0.4, 0.5) is 5.69 Å². The minimum atomic E-state index is -0.770. The van der Waals surface area contributed by atoms with Crippen molar-refractivity contribution >= 4 is 23.4 Å². The van der Waals surface area contributed by atoms with Gasteiger partial charge in [-0.15, -0.1) is 11.8 Å². The summed E-state index contributed by atoms with van der Waals surface area (Å²) in [5, 5.41) is 9.39. The summed E-state index contributed by atoms with van der Waals surface area (Å²) in [6.07, 6.45) is 0. The molecular formula is C13H17NO2S. The van der Waals surface area contributed by atoms with Crippen molar-refractivity contribution in [2.75, 3.05) is 18.0 Å². The van der Waals surface area contributed by atoms with E-state index in [1.807, 2.05) is 16.7 Å². The number of nitrogens with zero attached hydrogens (tertiary/aromatic N) is 1. The lowest BCUT2D eigenvalue weighted by Crippen LogP contribution is -2.37. The molecular weight excluding hydrogens is 234 g/mol. The Balaban J connectivity index is 2.41. The molecule has 92 valence electrons. The highest BCUT2D eigenvalue weighted by Gasteiger charge is 2.24. The van der Waals surface area contributed by atoms with Gasteiger partial charge in [-0.3, -0.25) is 4.79 Å². The number of carboxylic acid groups (broad SMARTS) is 1. The van der Waals surface area contributed by atoms with E-state index in [0.717, 1.165) is 12.2 Å². The minimum Gasteiger partial charge on any atom is -0.480 e. The summed E-state index contributed by atoms with van der Waals surface area (Å²) in [5.41, 5.74) is 3.55. The number of aliphatic carboxylic acids is 1. The zero-order chi connectivity index (χ0) is 12.6. The number of benzene rings is 1. The number of hydrogen-bond donors (Lipinski definition) is 1. The predicted molar refractivity (Wildman–Crippen MR) is 71.1 cm³/mol. The van der Waals surface area contributed by atoms with E-state index in [9.17, 15) is 4.79 Å². The number of rotatable bonds is 2. The molecule has 2 rings (SSSR count). The average Bonchev–Trinajstić information content (AvgIpc) is 2.20. The van der Waals surface area contributed by atoms with E-state index < -0.39 is 5.97 Å². The summed E-state index contributed by atoms with van der Waals surface area (Å²) < 4.78 is 0. The first-order valence-electron chi connectivity index (χ1n) is 5.72. The highest BCUT2D eigenvalue weighted by molar-refractivity contribution is 8.00. The third-order valence-electron chi connectivity index (χ3n) is 3.05. The number of fused-ring (bicyclic) bond motifs is 1. The van der Waals surface area contributed by atoms with Crippen molar-refractivity contribution in [1.29, 1.82) is 0 Å². The maximum Gasteiger partial charge on any atom is 0.323 e. The van der Waals surface area contributed by atoms with Gasteiger partial charge in [0.25, 0.3) is 0 Å². The van der Waals surface area contributed by atoms with Crippen LogP contribution in [0.25, 0.3) is 0 Å². The van der Waals surface area contributed by atoms with Crippen LogP contribution in [0.1, 0.15) is 18.1 Å². The molecule has 1 N–H and O–H groups in total. The molecule has 0 amide bonds. The Labute approximate surface area is 106 Å². The Morgan fingerprint density at radius 1 is 1.47 bits per heavy atom. The van der Waals surface area contributed by atoms with E-state index in [1.165, 1.54) is 16.0 Å². The normalized spacial score (nSPS) is 19.0. The smallest absolute Gasteiger partial charge is 0.323 e. The lowest BCUT2D eigenvalue weighted by Gasteiger charge is -2.33. The second kappa shape index (κ2) is 4.61. The van der Waals surface area contributed by atoms with Gasteiger partial charge in [0.05, 0.1) is 5.69 Å². The van der Waals surface area contributed by atoms with Crippen molar-refractivity contribution in [1.82, 2.24) is 0 Å². The summed E-state index contributed by atoms with van der Waals surface area (Å²) in [4.78, 5) is 14.1. The lowest BCUT2D eigenvalue weighted by atomic mass is 10.1. The predicted octanol–water partition coefficient (Wildman–Crippen LogP) is 2.69. The van der Waals surface area contributed by atoms with Gasteiger partial charge in [0.2, 0.25) is 0 Å². The standard InChI is InChI=1S/C13H17NO2S/c1-8-4-11-12(5-9(8)2)17-10(3)6-14(11)7-13(15)16/h4-5,10H,6-7H2,1-3H3,(H,15,16). The molecule has 0 radical (unpaired) electrons. The van der Waals surface area contributed by atoms with Crippen molar-refractivity contribution < 1.29 is 9.90 Å². The molecule has 1 unspecified atom stereocenters. The van der Waals surface area contributed by atoms with E-state index in [1.54, 1.807) is 0 Å². The van der Waals surface area contributed by atoms with E-state index in [2.05, 4.69) is 32.9 Å². The van der Waals surface area contributed by atoms with Crippen LogP contribution in [0.2, 0.25) is 0 Å². The van der Waals surface area contributed by atoms with Crippen LogP contribution in [0.15, 0.2) is 17.0 Å². The second-order valence-electron chi connectivity index (χ2n) is 4.61. The van der Waals surface area contributed by atoms with Gasteiger partial charge in [-0.25, -0.2) is 0 Å². The summed E-state index contributed by atoms with van der Waals surface area (Å²) in [6.45, 7) is 7.18. The molecule has 0 spiro atoms. The molecule has 1 aromatic rings. The fourth-order valence-corrected chi connectivity index (χ4v) is 3.33. The van der Waals surface area contributed by atoms with Gasteiger partial charge >= 0.3 is 5.97 Å². The van der Waals surface area contributed by atoms with Crippen LogP contribution < -0.4 is 4.90 Å². The Hall–Kier alpha value is -1.16. The van der Waals surface area contributed by atoms with E-state index in [4.69, 9.17) is 5.11 Å². The first-order chi connectivity index (χ1) is 7.97. The van der Waals surface area contributed by atoms with Gasteiger partial charge in [0, 0.05) is 16.7 Å². The zero-order valence-electron chi connectivity index (χ0n) is 10.4. The van der Waals surface area contributed by atoms with Gasteiger partial charge in [0.15, 0.2) is 0 Å². The number of carbonyl (C=O) groups is 1. The van der Waals surface area contributed by atoms with E-state index in [-0.39, 0.29) is 6.54 Å². The highest BCUT2D eigenvalue weighted by atomic mass is 32.2. The van der Waals surface area contributed by atoms with Crippen molar-refractivity contribution in [2.45, 2.75) is 30.9 Å². The second-order valence-corrected chi connectivity index (χ2v) is 6.09. The minimum absolute atomic E-state index is 0.0837.